The second-order valence-corrected chi connectivity index (χ2v) is 7.05. The Kier molecular flexibility index (Phi) is 8.10. The largest absolute Gasteiger partial charge is 0.455 e. The molecule has 0 spiro atoms. The van der Waals surface area contributed by atoms with Gasteiger partial charge in [-0.2, -0.15) is 0 Å². The summed E-state index contributed by atoms with van der Waals surface area (Å²) in [7, 11) is 0. The summed E-state index contributed by atoms with van der Waals surface area (Å²) in [5.74, 6) is -0.433. The molecule has 0 aliphatic heterocycles. The van der Waals surface area contributed by atoms with Gasteiger partial charge in [0.1, 0.15) is 6.10 Å². The number of halogens is 3. The van der Waals surface area contributed by atoms with Crippen LogP contribution in [0, 0.1) is 0 Å². The molecule has 0 radical (unpaired) electrons. The van der Waals surface area contributed by atoms with E-state index < -0.39 is 5.97 Å². The van der Waals surface area contributed by atoms with Gasteiger partial charge in [-0.15, -0.1) is 0 Å². The van der Waals surface area contributed by atoms with Crippen molar-refractivity contribution in [1.29, 1.82) is 0 Å². The number of carbonyl (C=O) groups is 1. The second kappa shape index (κ2) is 10.3. The SMILES string of the molecule is CC(/C=C/c1ccc(Br)cn1)OC(=O)/C=C/C=C/c1ccc(Cl)cc1Cl. The molecule has 0 aliphatic carbocycles. The van der Waals surface area contributed by atoms with Gasteiger partial charge in [0.15, 0.2) is 0 Å². The number of hydrogen-bond donors (Lipinski definition) is 0. The van der Waals surface area contributed by atoms with Crippen LogP contribution in [0.5, 0.6) is 0 Å². The highest BCUT2D eigenvalue weighted by atomic mass is 79.9. The second-order valence-electron chi connectivity index (χ2n) is 5.29. The first-order valence-corrected chi connectivity index (χ1v) is 9.29. The first-order valence-electron chi connectivity index (χ1n) is 7.74. The summed E-state index contributed by atoms with van der Waals surface area (Å²) < 4.78 is 6.17. The maximum Gasteiger partial charge on any atom is 0.331 e. The van der Waals surface area contributed by atoms with Crippen LogP contribution >= 0.6 is 39.1 Å². The highest BCUT2D eigenvalue weighted by Crippen LogP contribution is 2.21. The lowest BCUT2D eigenvalue weighted by atomic mass is 10.2. The van der Waals surface area contributed by atoms with Crippen LogP contribution < -0.4 is 0 Å². The normalized spacial score (nSPS) is 12.9. The molecule has 1 atom stereocenters. The van der Waals surface area contributed by atoms with E-state index in [1.165, 1.54) is 6.08 Å². The van der Waals surface area contributed by atoms with Crippen molar-refractivity contribution in [2.45, 2.75) is 13.0 Å². The summed E-state index contributed by atoms with van der Waals surface area (Å²) >= 11 is 15.2. The topological polar surface area (TPSA) is 39.2 Å². The average Bonchev–Trinajstić information content (AvgIpc) is 2.59. The maximum atomic E-state index is 11.8. The number of allylic oxidation sites excluding steroid dienone is 2. The van der Waals surface area contributed by atoms with Crippen molar-refractivity contribution < 1.29 is 9.53 Å². The zero-order valence-electron chi connectivity index (χ0n) is 13.9. The molecule has 0 aliphatic rings. The van der Waals surface area contributed by atoms with E-state index in [0.29, 0.717) is 10.0 Å². The summed E-state index contributed by atoms with van der Waals surface area (Å²) in [6.07, 6.45) is 11.4. The Bertz CT molecular complexity index is 845. The fourth-order valence-electron chi connectivity index (χ4n) is 1.91. The minimum atomic E-state index is -0.433. The fraction of sp³-hybridized carbons (Fsp3) is 0.100. The number of carbonyl (C=O) groups excluding carboxylic acids is 1. The van der Waals surface area contributed by atoms with Gasteiger partial charge in [-0.25, -0.2) is 4.79 Å². The highest BCUT2D eigenvalue weighted by molar-refractivity contribution is 9.10. The number of pyridine rings is 1. The van der Waals surface area contributed by atoms with Gasteiger partial charge < -0.3 is 4.74 Å². The van der Waals surface area contributed by atoms with E-state index in [9.17, 15) is 4.79 Å². The van der Waals surface area contributed by atoms with Gasteiger partial charge in [-0.1, -0.05) is 47.5 Å². The van der Waals surface area contributed by atoms with E-state index in [1.807, 2.05) is 12.1 Å². The van der Waals surface area contributed by atoms with Crippen LogP contribution in [0.25, 0.3) is 12.2 Å². The molecule has 2 rings (SSSR count). The first-order chi connectivity index (χ1) is 12.4. The molecule has 0 fully saturated rings. The van der Waals surface area contributed by atoms with Crippen molar-refractivity contribution in [1.82, 2.24) is 4.98 Å². The predicted molar refractivity (Wildman–Crippen MR) is 111 cm³/mol. The summed E-state index contributed by atoms with van der Waals surface area (Å²) in [5, 5.41) is 1.12. The number of esters is 1. The average molecular weight is 453 g/mol. The van der Waals surface area contributed by atoms with Crippen LogP contribution in [0.2, 0.25) is 10.0 Å². The van der Waals surface area contributed by atoms with E-state index in [0.717, 1.165) is 15.7 Å². The van der Waals surface area contributed by atoms with Gasteiger partial charge in [-0.05, 0) is 64.8 Å². The van der Waals surface area contributed by atoms with Gasteiger partial charge in [-0.3, -0.25) is 4.98 Å². The van der Waals surface area contributed by atoms with Crippen LogP contribution in [0.1, 0.15) is 18.2 Å². The summed E-state index contributed by atoms with van der Waals surface area (Å²) in [6.45, 7) is 1.78. The fourth-order valence-corrected chi connectivity index (χ4v) is 2.62. The molecule has 0 saturated heterocycles. The molecule has 6 heteroatoms. The van der Waals surface area contributed by atoms with Gasteiger partial charge in [0, 0.05) is 26.8 Å². The number of ether oxygens (including phenoxy) is 1. The Morgan fingerprint density at radius 2 is 2.00 bits per heavy atom. The predicted octanol–water partition coefficient (Wildman–Crippen LogP) is 6.37. The van der Waals surface area contributed by atoms with E-state index in [1.54, 1.807) is 61.7 Å². The van der Waals surface area contributed by atoms with E-state index in [-0.39, 0.29) is 6.10 Å². The number of aromatic nitrogens is 1. The Balaban J connectivity index is 1.84. The van der Waals surface area contributed by atoms with Gasteiger partial charge >= 0.3 is 5.97 Å². The third-order valence-electron chi connectivity index (χ3n) is 3.17. The quantitative estimate of drug-likeness (QED) is 0.290. The molecular formula is C20H16BrCl2NO2. The van der Waals surface area contributed by atoms with E-state index >= 15 is 0 Å². The Morgan fingerprint density at radius 1 is 1.19 bits per heavy atom. The number of nitrogens with zero attached hydrogens (tertiary/aromatic N) is 1. The zero-order valence-corrected chi connectivity index (χ0v) is 17.0. The first kappa shape index (κ1) is 20.4. The molecule has 1 unspecified atom stereocenters. The third kappa shape index (κ3) is 7.16. The summed E-state index contributed by atoms with van der Waals surface area (Å²) in [4.78, 5) is 16.0. The van der Waals surface area contributed by atoms with Gasteiger partial charge in [0.05, 0.1) is 5.69 Å². The van der Waals surface area contributed by atoms with Gasteiger partial charge in [0.25, 0.3) is 0 Å². The van der Waals surface area contributed by atoms with Gasteiger partial charge in [0.2, 0.25) is 0 Å². The standard InChI is InChI=1S/C20H16BrCl2NO2/c1-14(6-10-18-11-8-16(21)13-24-18)26-20(25)5-3-2-4-15-7-9-17(22)12-19(15)23/h2-14H,1H3/b4-2+,5-3+,10-6+. The Hall–Kier alpha value is -1.88. The minimum absolute atomic E-state index is 0.368. The highest BCUT2D eigenvalue weighted by Gasteiger charge is 2.02. The summed E-state index contributed by atoms with van der Waals surface area (Å²) in [6, 6.07) is 8.97. The van der Waals surface area contributed by atoms with Crippen molar-refractivity contribution >= 4 is 57.3 Å². The van der Waals surface area contributed by atoms with Crippen molar-refractivity contribution in [3.63, 3.8) is 0 Å². The zero-order chi connectivity index (χ0) is 18.9. The van der Waals surface area contributed by atoms with Crippen LogP contribution in [0.4, 0.5) is 0 Å². The molecule has 0 amide bonds. The molecule has 1 heterocycles. The van der Waals surface area contributed by atoms with Crippen molar-refractivity contribution in [2.75, 3.05) is 0 Å². The maximum absolute atomic E-state index is 11.8. The molecule has 26 heavy (non-hydrogen) atoms. The lowest BCUT2D eigenvalue weighted by Crippen LogP contribution is -2.09. The molecular weight excluding hydrogens is 437 g/mol. The molecule has 134 valence electrons. The van der Waals surface area contributed by atoms with Crippen LogP contribution in [-0.2, 0) is 9.53 Å². The summed E-state index contributed by atoms with van der Waals surface area (Å²) in [5.41, 5.74) is 1.60. The van der Waals surface area contributed by atoms with Crippen molar-refractivity contribution in [2.24, 2.45) is 0 Å². The van der Waals surface area contributed by atoms with E-state index in [4.69, 9.17) is 27.9 Å². The minimum Gasteiger partial charge on any atom is -0.455 e. The third-order valence-corrected chi connectivity index (χ3v) is 4.20. The smallest absolute Gasteiger partial charge is 0.331 e. The molecule has 0 N–H and O–H groups in total. The van der Waals surface area contributed by atoms with Crippen LogP contribution in [-0.4, -0.2) is 17.1 Å². The molecule has 3 nitrogen and oxygen atoms in total. The molecule has 1 aromatic carbocycles. The van der Waals surface area contributed by atoms with Crippen molar-refractivity contribution in [3.05, 3.63) is 86.6 Å². The van der Waals surface area contributed by atoms with E-state index in [2.05, 4.69) is 20.9 Å². The number of benzene rings is 1. The monoisotopic (exact) mass is 451 g/mol. The lowest BCUT2D eigenvalue weighted by Gasteiger charge is -2.06. The lowest BCUT2D eigenvalue weighted by molar-refractivity contribution is -0.140. The van der Waals surface area contributed by atoms with Crippen molar-refractivity contribution in [3.8, 4) is 0 Å². The Labute approximate surface area is 171 Å². The van der Waals surface area contributed by atoms with Crippen LogP contribution in [0.15, 0.2) is 65.3 Å². The number of rotatable bonds is 6. The molecule has 0 bridgehead atoms. The number of hydrogen-bond acceptors (Lipinski definition) is 3. The van der Waals surface area contributed by atoms with Crippen LogP contribution in [0.3, 0.4) is 0 Å². The molecule has 0 saturated carbocycles. The Morgan fingerprint density at radius 3 is 2.69 bits per heavy atom. The molecule has 1 aromatic heterocycles. The molecule has 2 aromatic rings.